The van der Waals surface area contributed by atoms with Crippen LogP contribution in [0.25, 0.3) is 0 Å². The minimum atomic E-state index is -0.293. The molecule has 0 radical (unpaired) electrons. The van der Waals surface area contributed by atoms with Crippen molar-refractivity contribution in [1.29, 1.82) is 0 Å². The number of rotatable bonds is 5. The maximum atomic E-state index is 12.4. The zero-order valence-corrected chi connectivity index (χ0v) is 13.8. The molecule has 1 aromatic carbocycles. The number of carbonyl (C=O) groups is 1. The number of aromatic amines is 1. The molecule has 7 heteroatoms. The van der Waals surface area contributed by atoms with Crippen molar-refractivity contribution in [3.63, 3.8) is 0 Å². The average molecular weight is 368 g/mol. The van der Waals surface area contributed by atoms with Crippen LogP contribution in [0.2, 0.25) is 0 Å². The smallest absolute Gasteiger partial charge is 0.293 e. The Morgan fingerprint density at radius 2 is 2.10 bits per heavy atom. The monoisotopic (exact) mass is 367 g/mol. The SMILES string of the molecule is C[C@H](Sc1n[nH]c(=O)n1C1CC1)C(=O)c1ccc(Br)cc1. The van der Waals surface area contributed by atoms with Gasteiger partial charge in [0.1, 0.15) is 0 Å². The van der Waals surface area contributed by atoms with Crippen molar-refractivity contribution in [3.8, 4) is 0 Å². The van der Waals surface area contributed by atoms with Crippen LogP contribution in [0.4, 0.5) is 0 Å². The quantitative estimate of drug-likeness (QED) is 0.651. The number of thioether (sulfide) groups is 1. The van der Waals surface area contributed by atoms with Crippen LogP contribution < -0.4 is 5.69 Å². The van der Waals surface area contributed by atoms with Gasteiger partial charge in [0.2, 0.25) is 0 Å². The van der Waals surface area contributed by atoms with E-state index in [1.54, 1.807) is 16.7 Å². The molecule has 5 nitrogen and oxygen atoms in total. The van der Waals surface area contributed by atoms with E-state index in [4.69, 9.17) is 0 Å². The summed E-state index contributed by atoms with van der Waals surface area (Å²) in [5, 5.41) is 6.81. The van der Waals surface area contributed by atoms with Gasteiger partial charge in [-0.05, 0) is 31.9 Å². The van der Waals surface area contributed by atoms with E-state index in [-0.39, 0.29) is 22.8 Å². The number of nitrogens with zero attached hydrogens (tertiary/aromatic N) is 2. The van der Waals surface area contributed by atoms with E-state index in [0.717, 1.165) is 17.3 Å². The molecule has 1 aromatic heterocycles. The lowest BCUT2D eigenvalue weighted by Gasteiger charge is -2.10. The number of H-pyrrole nitrogens is 1. The molecule has 1 aliphatic carbocycles. The van der Waals surface area contributed by atoms with Crippen LogP contribution in [0.15, 0.2) is 38.7 Å². The van der Waals surface area contributed by atoms with Gasteiger partial charge in [0.05, 0.1) is 5.25 Å². The molecule has 1 fully saturated rings. The molecule has 0 aliphatic heterocycles. The third-order valence-corrected chi connectivity index (χ3v) is 4.96. The van der Waals surface area contributed by atoms with E-state index >= 15 is 0 Å². The third-order valence-electron chi connectivity index (χ3n) is 3.36. The normalized spacial score (nSPS) is 15.9. The second-order valence-corrected chi connectivity index (χ2v) is 7.27. The van der Waals surface area contributed by atoms with Crippen molar-refractivity contribution in [2.24, 2.45) is 0 Å². The van der Waals surface area contributed by atoms with Crippen LogP contribution in [0.5, 0.6) is 0 Å². The van der Waals surface area contributed by atoms with Crippen LogP contribution in [-0.4, -0.2) is 25.8 Å². The number of benzene rings is 1. The molecule has 2 aromatic rings. The summed E-state index contributed by atoms with van der Waals surface area (Å²) in [7, 11) is 0. The fourth-order valence-corrected chi connectivity index (χ4v) is 3.36. The minimum absolute atomic E-state index is 0.0327. The van der Waals surface area contributed by atoms with Crippen LogP contribution >= 0.6 is 27.7 Å². The second kappa shape index (κ2) is 5.81. The zero-order chi connectivity index (χ0) is 15.0. The Hall–Kier alpha value is -1.34. The number of halogens is 1. The highest BCUT2D eigenvalue weighted by Gasteiger charge is 2.30. The van der Waals surface area contributed by atoms with Gasteiger partial charge >= 0.3 is 5.69 Å². The number of carbonyl (C=O) groups excluding carboxylic acids is 1. The summed E-state index contributed by atoms with van der Waals surface area (Å²) in [6.45, 7) is 1.84. The van der Waals surface area contributed by atoms with E-state index in [2.05, 4.69) is 26.1 Å². The summed E-state index contributed by atoms with van der Waals surface area (Å²) >= 11 is 4.68. The number of aromatic nitrogens is 3. The highest BCUT2D eigenvalue weighted by molar-refractivity contribution is 9.10. The predicted octanol–water partition coefficient (Wildman–Crippen LogP) is 3.03. The van der Waals surface area contributed by atoms with Crippen molar-refractivity contribution in [2.45, 2.75) is 36.2 Å². The van der Waals surface area contributed by atoms with E-state index in [9.17, 15) is 9.59 Å². The molecule has 110 valence electrons. The van der Waals surface area contributed by atoms with Gasteiger partial charge in [0.25, 0.3) is 0 Å². The van der Waals surface area contributed by atoms with Crippen molar-refractivity contribution < 1.29 is 4.79 Å². The predicted molar refractivity (Wildman–Crippen MR) is 84.9 cm³/mol. The van der Waals surface area contributed by atoms with Gasteiger partial charge in [-0.1, -0.05) is 39.8 Å². The molecule has 0 amide bonds. The standard InChI is InChI=1S/C14H14BrN3O2S/c1-8(12(19)9-2-4-10(15)5-3-9)21-14-17-16-13(20)18(14)11-6-7-11/h2-5,8,11H,6-7H2,1H3,(H,16,20)/t8-/m0/s1. The fraction of sp³-hybridized carbons (Fsp3) is 0.357. The molecular formula is C14H14BrN3O2S. The first-order valence-corrected chi connectivity index (χ1v) is 8.37. The van der Waals surface area contributed by atoms with Gasteiger partial charge in [-0.2, -0.15) is 0 Å². The minimum Gasteiger partial charge on any atom is -0.293 e. The number of ketones is 1. The summed E-state index contributed by atoms with van der Waals surface area (Å²) < 4.78 is 2.60. The molecule has 1 saturated carbocycles. The fourth-order valence-electron chi connectivity index (χ4n) is 2.09. The van der Waals surface area contributed by atoms with Gasteiger partial charge in [-0.3, -0.25) is 9.36 Å². The summed E-state index contributed by atoms with van der Waals surface area (Å²) in [5.74, 6) is 0.0327. The number of Topliss-reactive ketones (excluding diaryl/α,β-unsaturated/α-hetero) is 1. The van der Waals surface area contributed by atoms with E-state index in [1.165, 1.54) is 11.8 Å². The van der Waals surface area contributed by atoms with Crippen molar-refractivity contribution in [1.82, 2.24) is 14.8 Å². The molecule has 0 spiro atoms. The molecule has 1 heterocycles. The third kappa shape index (κ3) is 3.13. The summed E-state index contributed by atoms with van der Waals surface area (Å²) in [6.07, 6.45) is 2.00. The van der Waals surface area contributed by atoms with Gasteiger partial charge in [-0.25, -0.2) is 9.89 Å². The molecule has 1 atom stereocenters. The molecule has 1 aliphatic rings. The largest absolute Gasteiger partial charge is 0.344 e. The summed E-state index contributed by atoms with van der Waals surface area (Å²) in [4.78, 5) is 24.1. The molecule has 0 saturated heterocycles. The molecular weight excluding hydrogens is 354 g/mol. The Kier molecular flexibility index (Phi) is 4.03. The molecule has 3 rings (SSSR count). The van der Waals surface area contributed by atoms with Gasteiger partial charge in [0.15, 0.2) is 10.9 Å². The first-order chi connectivity index (χ1) is 10.1. The van der Waals surface area contributed by atoms with E-state index in [1.807, 2.05) is 19.1 Å². The Balaban J connectivity index is 1.77. The maximum Gasteiger partial charge on any atom is 0.344 e. The molecule has 0 bridgehead atoms. The average Bonchev–Trinajstić information content (AvgIpc) is 3.24. The number of nitrogens with one attached hydrogen (secondary N) is 1. The summed E-state index contributed by atoms with van der Waals surface area (Å²) in [5.41, 5.74) is 0.470. The van der Waals surface area contributed by atoms with Crippen LogP contribution in [0, 0.1) is 0 Å². The summed E-state index contributed by atoms with van der Waals surface area (Å²) in [6, 6.07) is 7.52. The topological polar surface area (TPSA) is 67.8 Å². The Bertz CT molecular complexity index is 719. The van der Waals surface area contributed by atoms with Gasteiger partial charge < -0.3 is 0 Å². The molecule has 1 N–H and O–H groups in total. The Morgan fingerprint density at radius 3 is 2.71 bits per heavy atom. The number of hydrogen-bond donors (Lipinski definition) is 1. The van der Waals surface area contributed by atoms with Crippen LogP contribution in [0.1, 0.15) is 36.2 Å². The first kappa shape index (κ1) is 14.6. The lowest BCUT2D eigenvalue weighted by molar-refractivity contribution is 0.0994. The second-order valence-electron chi connectivity index (χ2n) is 5.04. The molecule has 21 heavy (non-hydrogen) atoms. The number of hydrogen-bond acceptors (Lipinski definition) is 4. The van der Waals surface area contributed by atoms with E-state index < -0.39 is 0 Å². The lowest BCUT2D eigenvalue weighted by Crippen LogP contribution is -2.18. The Morgan fingerprint density at radius 1 is 1.43 bits per heavy atom. The highest BCUT2D eigenvalue weighted by atomic mass is 79.9. The highest BCUT2D eigenvalue weighted by Crippen LogP contribution is 2.37. The maximum absolute atomic E-state index is 12.4. The van der Waals surface area contributed by atoms with E-state index in [0.29, 0.717) is 10.7 Å². The van der Waals surface area contributed by atoms with Crippen molar-refractivity contribution in [3.05, 3.63) is 44.8 Å². The Labute approximate surface area is 134 Å². The van der Waals surface area contributed by atoms with Crippen molar-refractivity contribution >= 4 is 33.5 Å². The van der Waals surface area contributed by atoms with Crippen molar-refractivity contribution in [2.75, 3.05) is 0 Å². The first-order valence-electron chi connectivity index (χ1n) is 6.69. The van der Waals surface area contributed by atoms with Gasteiger partial charge in [-0.15, -0.1) is 5.10 Å². The van der Waals surface area contributed by atoms with Gasteiger partial charge in [0, 0.05) is 16.1 Å². The zero-order valence-electron chi connectivity index (χ0n) is 11.4. The molecule has 0 unspecified atom stereocenters. The van der Waals surface area contributed by atoms with Crippen LogP contribution in [0.3, 0.4) is 0 Å². The lowest BCUT2D eigenvalue weighted by atomic mass is 10.1. The van der Waals surface area contributed by atoms with Crippen LogP contribution in [-0.2, 0) is 0 Å².